The van der Waals surface area contributed by atoms with Gasteiger partial charge in [-0.15, -0.1) is 0 Å². The molecule has 10 rings (SSSR count). The molecule has 25 heteroatoms. The predicted octanol–water partition coefficient (Wildman–Crippen LogP) is 8.51. The zero-order chi connectivity index (χ0) is 51.9. The molecule has 10 unspecified atom stereocenters. The lowest BCUT2D eigenvalue weighted by molar-refractivity contribution is -0.118. The predicted molar refractivity (Wildman–Crippen MR) is 269 cm³/mol. The number of amides is 3. The maximum Gasteiger partial charge on any atom is 0.425 e. The van der Waals surface area contributed by atoms with Crippen molar-refractivity contribution in [1.29, 1.82) is 0 Å². The van der Waals surface area contributed by atoms with E-state index in [1.54, 1.807) is 111 Å². The minimum absolute atomic E-state index is 0.00578. The molecule has 23 nitrogen and oxygen atoms in total. The van der Waals surface area contributed by atoms with E-state index in [-0.39, 0.29) is 59.5 Å². The molecule has 3 amide bonds. The summed E-state index contributed by atoms with van der Waals surface area (Å²) in [5, 5.41) is 5.49. The number of nitrogens with one attached hydrogen (secondary N) is 2. The molecule has 0 spiro atoms. The Balaban J connectivity index is 0.952. The first kappa shape index (κ1) is 50.7. The number of imidazole rings is 2. The molecule has 3 aromatic carbocycles. The summed E-state index contributed by atoms with van der Waals surface area (Å²) < 4.78 is 70.0. The SMILES string of the molecule is COP1(=O)CCC2OC(n3cnc4c(NC(=O)c5ccccc5)ncnc43)C(C)C2OP(=O)(O)CCC2OC(n3cnc4c(OC(=O)N(c5ccccc5)c5ccccc5)nc(NC(=O)C(C)C)nc43)C(O1)C2C. The number of hydrogen-bond acceptors (Lipinski definition) is 17. The minimum Gasteiger partial charge on any atom is -0.388 e. The average molecular weight is 1050 g/mol. The normalized spacial score (nSPS) is 27.2. The van der Waals surface area contributed by atoms with Crippen LogP contribution < -0.4 is 20.3 Å². The van der Waals surface area contributed by atoms with E-state index < -0.39 is 87.7 Å². The Morgan fingerprint density at radius 3 is 2.01 bits per heavy atom. The highest BCUT2D eigenvalue weighted by atomic mass is 31.2. The van der Waals surface area contributed by atoms with Gasteiger partial charge < -0.3 is 38.0 Å². The van der Waals surface area contributed by atoms with Gasteiger partial charge in [-0.1, -0.05) is 82.3 Å². The van der Waals surface area contributed by atoms with Crippen LogP contribution in [0.25, 0.3) is 22.3 Å². The Kier molecular flexibility index (Phi) is 14.3. The fourth-order valence-corrected chi connectivity index (χ4v) is 12.3. The van der Waals surface area contributed by atoms with Crippen LogP contribution in [0.1, 0.15) is 63.4 Å². The van der Waals surface area contributed by atoms with Crippen LogP contribution in [0.3, 0.4) is 0 Å². The van der Waals surface area contributed by atoms with Crippen LogP contribution in [-0.2, 0) is 37.0 Å². The van der Waals surface area contributed by atoms with E-state index in [0.29, 0.717) is 22.6 Å². The summed E-state index contributed by atoms with van der Waals surface area (Å²) in [6, 6.07) is 26.3. The van der Waals surface area contributed by atoms with E-state index in [1.807, 2.05) is 12.1 Å². The molecule has 3 saturated heterocycles. The second-order valence-electron chi connectivity index (χ2n) is 18.5. The monoisotopic (exact) mass is 1050 g/mol. The number of benzene rings is 3. The van der Waals surface area contributed by atoms with Gasteiger partial charge in [-0.3, -0.25) is 33.2 Å². The molecule has 2 bridgehead atoms. The van der Waals surface area contributed by atoms with E-state index in [2.05, 4.69) is 40.5 Å². The molecule has 7 aromatic rings. The smallest absolute Gasteiger partial charge is 0.388 e. The second-order valence-corrected chi connectivity index (χ2v) is 22.7. The van der Waals surface area contributed by atoms with Crippen LogP contribution in [0, 0.1) is 17.8 Å². The van der Waals surface area contributed by atoms with Gasteiger partial charge in [0, 0.05) is 30.4 Å². The average Bonchev–Trinajstić information content (AvgIpc) is 4.17. The van der Waals surface area contributed by atoms with Crippen LogP contribution in [0.15, 0.2) is 110 Å². The van der Waals surface area contributed by atoms with Gasteiger partial charge in [0.2, 0.25) is 11.9 Å². The highest BCUT2D eigenvalue weighted by Gasteiger charge is 2.52. The largest absolute Gasteiger partial charge is 0.425 e. The molecule has 3 fully saturated rings. The van der Waals surface area contributed by atoms with Crippen molar-refractivity contribution in [3.8, 4) is 5.88 Å². The molecule has 3 aliphatic heterocycles. The van der Waals surface area contributed by atoms with Crippen LogP contribution in [-0.4, -0.2) is 106 Å². The van der Waals surface area contributed by atoms with Gasteiger partial charge in [0.1, 0.15) is 24.8 Å². The number of ether oxygens (including phenoxy) is 3. The molecule has 0 aliphatic carbocycles. The molecule has 7 heterocycles. The Bertz CT molecular complexity index is 3260. The second kappa shape index (κ2) is 20.8. The van der Waals surface area contributed by atoms with Crippen molar-refractivity contribution in [3.63, 3.8) is 0 Å². The fourth-order valence-electron chi connectivity index (χ4n) is 9.34. The molecule has 0 saturated carbocycles. The van der Waals surface area contributed by atoms with E-state index in [1.165, 1.54) is 35.6 Å². The van der Waals surface area contributed by atoms with Crippen molar-refractivity contribution in [2.45, 2.75) is 77.4 Å². The van der Waals surface area contributed by atoms with Crippen molar-refractivity contribution in [2.75, 3.05) is 35.0 Å². The van der Waals surface area contributed by atoms with Crippen molar-refractivity contribution in [1.82, 2.24) is 39.0 Å². The summed E-state index contributed by atoms with van der Waals surface area (Å²) >= 11 is 0. The van der Waals surface area contributed by atoms with E-state index in [4.69, 9.17) is 27.8 Å². The number of carbonyl (C=O) groups excluding carboxylic acids is 3. The van der Waals surface area contributed by atoms with E-state index in [0.717, 1.165) is 0 Å². The van der Waals surface area contributed by atoms with Crippen LogP contribution in [0.4, 0.5) is 27.9 Å². The van der Waals surface area contributed by atoms with Gasteiger partial charge in [-0.25, -0.2) is 29.6 Å². The number of aromatic nitrogens is 8. The lowest BCUT2D eigenvalue weighted by Gasteiger charge is -2.28. The van der Waals surface area contributed by atoms with Crippen molar-refractivity contribution < 1.29 is 56.2 Å². The Labute approximate surface area is 424 Å². The Morgan fingerprint density at radius 1 is 0.730 bits per heavy atom. The summed E-state index contributed by atoms with van der Waals surface area (Å²) in [7, 11) is -7.22. The third-order valence-electron chi connectivity index (χ3n) is 13.3. The highest BCUT2D eigenvalue weighted by Crippen LogP contribution is 2.58. The van der Waals surface area contributed by atoms with Gasteiger partial charge in [0.25, 0.3) is 11.8 Å². The van der Waals surface area contributed by atoms with Crippen molar-refractivity contribution in [2.24, 2.45) is 17.8 Å². The third kappa shape index (κ3) is 10.2. The third-order valence-corrected chi connectivity index (χ3v) is 16.6. The molecular formula is C49H53N11O12P2. The number of para-hydroxylation sites is 2. The van der Waals surface area contributed by atoms with Crippen LogP contribution >= 0.6 is 15.2 Å². The number of hydrogen-bond donors (Lipinski definition) is 3. The van der Waals surface area contributed by atoms with Gasteiger partial charge in [-0.2, -0.15) is 9.97 Å². The summed E-state index contributed by atoms with van der Waals surface area (Å²) in [5.41, 5.74) is 2.08. The molecular weight excluding hydrogens is 997 g/mol. The maximum absolute atomic E-state index is 14.9. The molecule has 0 radical (unpaired) electrons. The topological polar surface area (TPSA) is 275 Å². The van der Waals surface area contributed by atoms with E-state index >= 15 is 0 Å². The zero-order valence-electron chi connectivity index (χ0n) is 40.8. The quantitative estimate of drug-likeness (QED) is 0.108. The molecule has 3 aliphatic rings. The first-order valence-corrected chi connectivity index (χ1v) is 27.4. The highest BCUT2D eigenvalue weighted by molar-refractivity contribution is 7.53. The number of fused-ring (bicyclic) bond motifs is 5. The maximum atomic E-state index is 14.9. The van der Waals surface area contributed by atoms with Crippen molar-refractivity contribution >= 4 is 78.6 Å². The standard InChI is InChI=1S/C49H53N11O12P2/c1-28(2)43(61)56-48-55-42-37(45(57-48)70-49(63)60(32-17-11-7-12-18-32)33-19-13-8-14-20-33)53-27-59(42)47-39-29(3)34(68-47)21-23-73(64,65)71-38-30(4)46(69-35(38)22-24-74(66,67-5)72-39)58-26-52-36-40(50-25-51-41(36)58)54-44(62)31-15-9-6-10-16-31/h6-20,25-30,34-35,38-39,46-47H,21-24H2,1-5H3,(H,64,65)(H,50,51,54,62)(H,55,56,57,61). The first-order valence-electron chi connectivity index (χ1n) is 24.0. The van der Waals surface area contributed by atoms with Gasteiger partial charge in [0.05, 0.1) is 48.6 Å². The summed E-state index contributed by atoms with van der Waals surface area (Å²) in [6.45, 7) is 6.99. The number of carbonyl (C=O) groups is 3. The summed E-state index contributed by atoms with van der Waals surface area (Å²) in [5.74, 6) is -2.80. The zero-order valence-corrected chi connectivity index (χ0v) is 42.6. The number of rotatable bonds is 10. The number of anilines is 4. The molecule has 10 atom stereocenters. The summed E-state index contributed by atoms with van der Waals surface area (Å²) in [4.78, 5) is 80.4. The molecule has 4 aromatic heterocycles. The number of nitrogens with zero attached hydrogens (tertiary/aromatic N) is 9. The summed E-state index contributed by atoms with van der Waals surface area (Å²) in [6.07, 6.45) is -3.00. The lowest BCUT2D eigenvalue weighted by Crippen LogP contribution is -2.30. The van der Waals surface area contributed by atoms with Crippen LogP contribution in [0.2, 0.25) is 0 Å². The van der Waals surface area contributed by atoms with Gasteiger partial charge in [-0.05, 0) is 49.2 Å². The molecule has 74 heavy (non-hydrogen) atoms. The van der Waals surface area contributed by atoms with Crippen molar-refractivity contribution in [3.05, 3.63) is 116 Å². The minimum atomic E-state index is -4.41. The first-order chi connectivity index (χ1) is 35.6. The van der Waals surface area contributed by atoms with Gasteiger partial charge >= 0.3 is 21.3 Å². The van der Waals surface area contributed by atoms with E-state index in [9.17, 15) is 28.4 Å². The Morgan fingerprint density at radius 2 is 1.35 bits per heavy atom. The molecule has 386 valence electrons. The fraction of sp³-hybridized carbons (Fsp3) is 0.367. The Hall–Kier alpha value is -6.81. The van der Waals surface area contributed by atoms with Crippen LogP contribution in [0.5, 0.6) is 5.88 Å². The lowest BCUT2D eigenvalue weighted by atomic mass is 9.99. The molecule has 3 N–H and O–H groups in total. The van der Waals surface area contributed by atoms with Gasteiger partial charge in [0.15, 0.2) is 34.4 Å².